The predicted octanol–water partition coefficient (Wildman–Crippen LogP) is 3.48. The van der Waals surface area contributed by atoms with Crippen LogP contribution in [0, 0.1) is 6.92 Å². The third-order valence-corrected chi connectivity index (χ3v) is 4.62. The van der Waals surface area contributed by atoms with Crippen LogP contribution in [0.3, 0.4) is 0 Å². The van der Waals surface area contributed by atoms with Gasteiger partial charge >= 0.3 is 6.03 Å². The van der Waals surface area contributed by atoms with Crippen LogP contribution in [0.1, 0.15) is 36.0 Å². The van der Waals surface area contributed by atoms with Crippen LogP contribution >= 0.6 is 0 Å². The van der Waals surface area contributed by atoms with E-state index >= 15 is 0 Å². The van der Waals surface area contributed by atoms with Gasteiger partial charge in [0.15, 0.2) is 0 Å². The molecule has 1 aliphatic heterocycles. The van der Waals surface area contributed by atoms with Crippen molar-refractivity contribution in [1.29, 1.82) is 0 Å². The lowest BCUT2D eigenvalue weighted by Crippen LogP contribution is -2.42. The Morgan fingerprint density at radius 1 is 1.30 bits per heavy atom. The monoisotopic (exact) mass is 309 g/mol. The van der Waals surface area contributed by atoms with Crippen molar-refractivity contribution in [1.82, 2.24) is 15.2 Å². The molecular formula is C19H23N3O. The van der Waals surface area contributed by atoms with Gasteiger partial charge in [-0.05, 0) is 37.0 Å². The van der Waals surface area contributed by atoms with E-state index in [-0.39, 0.29) is 12.1 Å². The van der Waals surface area contributed by atoms with Gasteiger partial charge < -0.3 is 10.2 Å². The van der Waals surface area contributed by atoms with E-state index in [4.69, 9.17) is 0 Å². The largest absolute Gasteiger partial charge is 0.334 e. The van der Waals surface area contributed by atoms with Crippen molar-refractivity contribution in [3.63, 3.8) is 0 Å². The third-order valence-electron chi connectivity index (χ3n) is 4.62. The fourth-order valence-corrected chi connectivity index (χ4v) is 3.37. The molecule has 120 valence electrons. The second-order valence-electron chi connectivity index (χ2n) is 6.27. The Morgan fingerprint density at radius 2 is 2.09 bits per heavy atom. The van der Waals surface area contributed by atoms with Gasteiger partial charge in [0.1, 0.15) is 0 Å². The van der Waals surface area contributed by atoms with Gasteiger partial charge in [-0.15, -0.1) is 0 Å². The number of benzene rings is 1. The van der Waals surface area contributed by atoms with Crippen molar-refractivity contribution < 1.29 is 4.79 Å². The highest BCUT2D eigenvalue weighted by Gasteiger charge is 2.34. The third kappa shape index (κ3) is 3.52. The molecule has 1 N–H and O–H groups in total. The lowest BCUT2D eigenvalue weighted by atomic mass is 9.93. The molecule has 0 spiro atoms. The summed E-state index contributed by atoms with van der Waals surface area (Å²) < 4.78 is 0. The van der Waals surface area contributed by atoms with Crippen LogP contribution in [0.15, 0.2) is 48.8 Å². The smallest absolute Gasteiger partial charge is 0.317 e. The number of rotatable bonds is 3. The van der Waals surface area contributed by atoms with Crippen molar-refractivity contribution in [3.05, 3.63) is 65.5 Å². The minimum absolute atomic E-state index is 0.0115. The maximum atomic E-state index is 12.5. The highest BCUT2D eigenvalue weighted by Crippen LogP contribution is 2.33. The first-order chi connectivity index (χ1) is 11.1. The number of urea groups is 1. The number of hydrogen-bond acceptors (Lipinski definition) is 2. The van der Waals surface area contributed by atoms with E-state index in [1.807, 2.05) is 30.2 Å². The van der Waals surface area contributed by atoms with Crippen molar-refractivity contribution in [3.8, 4) is 0 Å². The van der Waals surface area contributed by atoms with Gasteiger partial charge in [-0.25, -0.2) is 4.79 Å². The summed E-state index contributed by atoms with van der Waals surface area (Å²) >= 11 is 0. The molecule has 2 heterocycles. The van der Waals surface area contributed by atoms with E-state index in [0.717, 1.165) is 24.1 Å². The second kappa shape index (κ2) is 6.82. The minimum Gasteiger partial charge on any atom is -0.334 e. The number of hydrogen-bond donors (Lipinski definition) is 1. The number of aryl methyl sites for hydroxylation is 1. The van der Waals surface area contributed by atoms with Gasteiger partial charge in [-0.3, -0.25) is 4.98 Å². The number of nitrogens with one attached hydrogen (secondary N) is 1. The zero-order chi connectivity index (χ0) is 16.2. The van der Waals surface area contributed by atoms with E-state index in [2.05, 4.69) is 41.5 Å². The first kappa shape index (κ1) is 15.5. The summed E-state index contributed by atoms with van der Waals surface area (Å²) in [7, 11) is 0. The van der Waals surface area contributed by atoms with Crippen LogP contribution in [-0.2, 0) is 6.54 Å². The van der Waals surface area contributed by atoms with Gasteiger partial charge in [0, 0.05) is 37.4 Å². The van der Waals surface area contributed by atoms with Crippen molar-refractivity contribution in [2.75, 3.05) is 6.54 Å². The summed E-state index contributed by atoms with van der Waals surface area (Å²) in [4.78, 5) is 18.6. The Bertz CT molecular complexity index is 671. The number of carbonyl (C=O) groups is 1. The zero-order valence-electron chi connectivity index (χ0n) is 13.7. The highest BCUT2D eigenvalue weighted by molar-refractivity contribution is 5.75. The standard InChI is InChI=1S/C19H23N3O/c1-14-10-16(12-20-11-14)13-21-19(23)22-9-8-18(15(22)2)17-6-4-3-5-7-17/h3-7,10-12,15,18H,8-9,13H2,1-2H3,(H,21,23)/t15-,18+/m1/s1. The maximum absolute atomic E-state index is 12.5. The van der Waals surface area contributed by atoms with Gasteiger partial charge in [0.25, 0.3) is 0 Å². The summed E-state index contributed by atoms with van der Waals surface area (Å²) in [6.07, 6.45) is 4.64. The number of pyridine rings is 1. The first-order valence-electron chi connectivity index (χ1n) is 8.15. The molecule has 2 atom stereocenters. The Hall–Kier alpha value is -2.36. The van der Waals surface area contributed by atoms with Crippen LogP contribution in [0.4, 0.5) is 4.79 Å². The van der Waals surface area contributed by atoms with Crippen molar-refractivity contribution in [2.45, 2.75) is 38.8 Å². The second-order valence-corrected chi connectivity index (χ2v) is 6.27. The fourth-order valence-electron chi connectivity index (χ4n) is 3.37. The molecule has 0 radical (unpaired) electrons. The average Bonchev–Trinajstić information content (AvgIpc) is 2.95. The summed E-state index contributed by atoms with van der Waals surface area (Å²) in [5.74, 6) is 0.419. The van der Waals surface area contributed by atoms with Crippen molar-refractivity contribution in [2.24, 2.45) is 0 Å². The molecule has 2 aromatic rings. The van der Waals surface area contributed by atoms with Gasteiger partial charge in [0.05, 0.1) is 0 Å². The van der Waals surface area contributed by atoms with E-state index in [0.29, 0.717) is 12.5 Å². The van der Waals surface area contributed by atoms with Crippen LogP contribution in [0.25, 0.3) is 0 Å². The molecule has 0 unspecified atom stereocenters. The molecule has 0 bridgehead atoms. The summed E-state index contributed by atoms with van der Waals surface area (Å²) in [6, 6.07) is 12.7. The molecule has 1 aromatic heterocycles. The predicted molar refractivity (Wildman–Crippen MR) is 91.2 cm³/mol. The van der Waals surface area contributed by atoms with E-state index in [9.17, 15) is 4.79 Å². The highest BCUT2D eigenvalue weighted by atomic mass is 16.2. The molecule has 23 heavy (non-hydrogen) atoms. The van der Waals surface area contributed by atoms with Crippen LogP contribution in [-0.4, -0.2) is 28.5 Å². The van der Waals surface area contributed by atoms with E-state index in [1.54, 1.807) is 6.20 Å². The molecular weight excluding hydrogens is 286 g/mol. The lowest BCUT2D eigenvalue weighted by molar-refractivity contribution is 0.193. The molecule has 1 aliphatic rings. The van der Waals surface area contributed by atoms with Crippen LogP contribution in [0.2, 0.25) is 0 Å². The van der Waals surface area contributed by atoms with E-state index in [1.165, 1.54) is 5.56 Å². The Labute approximate surface area is 137 Å². The normalized spacial score (nSPS) is 20.5. The number of amides is 2. The maximum Gasteiger partial charge on any atom is 0.317 e. The topological polar surface area (TPSA) is 45.2 Å². The average molecular weight is 309 g/mol. The summed E-state index contributed by atoms with van der Waals surface area (Å²) in [5, 5.41) is 3.02. The Kier molecular flexibility index (Phi) is 4.60. The SMILES string of the molecule is Cc1cncc(CNC(=O)N2CC[C@H](c3ccccc3)[C@H]2C)c1. The molecule has 3 rings (SSSR count). The quantitative estimate of drug-likeness (QED) is 0.943. The van der Waals surface area contributed by atoms with Gasteiger partial charge in [-0.1, -0.05) is 36.4 Å². The molecule has 1 saturated heterocycles. The van der Waals surface area contributed by atoms with Crippen LogP contribution in [0.5, 0.6) is 0 Å². The fraction of sp³-hybridized carbons (Fsp3) is 0.368. The molecule has 1 aromatic carbocycles. The number of carbonyl (C=O) groups excluding carboxylic acids is 1. The molecule has 2 amide bonds. The number of likely N-dealkylation sites (tertiary alicyclic amines) is 1. The summed E-state index contributed by atoms with van der Waals surface area (Å²) in [6.45, 7) is 5.47. The minimum atomic E-state index is 0.0115. The first-order valence-corrected chi connectivity index (χ1v) is 8.15. The number of aromatic nitrogens is 1. The Balaban J connectivity index is 1.60. The van der Waals surface area contributed by atoms with Gasteiger partial charge in [0.2, 0.25) is 0 Å². The number of nitrogens with zero attached hydrogens (tertiary/aromatic N) is 2. The zero-order valence-corrected chi connectivity index (χ0v) is 13.7. The molecule has 0 aliphatic carbocycles. The summed E-state index contributed by atoms with van der Waals surface area (Å²) in [5.41, 5.74) is 3.46. The molecule has 4 nitrogen and oxygen atoms in total. The molecule has 1 fully saturated rings. The van der Waals surface area contributed by atoms with Crippen LogP contribution < -0.4 is 5.32 Å². The molecule has 0 saturated carbocycles. The lowest BCUT2D eigenvalue weighted by Gasteiger charge is -2.25. The Morgan fingerprint density at radius 3 is 2.83 bits per heavy atom. The molecule has 4 heteroatoms. The van der Waals surface area contributed by atoms with Gasteiger partial charge in [-0.2, -0.15) is 0 Å². The van der Waals surface area contributed by atoms with Crippen molar-refractivity contribution >= 4 is 6.03 Å². The van der Waals surface area contributed by atoms with E-state index < -0.39 is 0 Å².